The number of nitriles is 1. The van der Waals surface area contributed by atoms with Crippen molar-refractivity contribution in [3.05, 3.63) is 89.7 Å². The van der Waals surface area contributed by atoms with Crippen LogP contribution in [0.2, 0.25) is 0 Å². The van der Waals surface area contributed by atoms with E-state index in [1.165, 1.54) is 6.07 Å². The molecular weight excluding hydrogens is 329 g/mol. The number of anilines is 3. The summed E-state index contributed by atoms with van der Waals surface area (Å²) < 4.78 is 13.6. The number of benzene rings is 3. The summed E-state index contributed by atoms with van der Waals surface area (Å²) in [6.07, 6.45) is -0.0160. The summed E-state index contributed by atoms with van der Waals surface area (Å²) in [5.74, 6) is -0.660. The summed E-state index contributed by atoms with van der Waals surface area (Å²) in [5, 5.41) is 14.8. The molecule has 0 heterocycles. The molecule has 0 saturated heterocycles. The first kappa shape index (κ1) is 17.2. The molecule has 0 fully saturated rings. The molecular formula is C21H16FN3O. The molecule has 5 heteroatoms. The van der Waals surface area contributed by atoms with Crippen LogP contribution in [0.5, 0.6) is 0 Å². The summed E-state index contributed by atoms with van der Waals surface area (Å²) in [7, 11) is 0. The van der Waals surface area contributed by atoms with Gasteiger partial charge >= 0.3 is 0 Å². The number of hydrogen-bond acceptors (Lipinski definition) is 3. The van der Waals surface area contributed by atoms with Crippen molar-refractivity contribution >= 4 is 23.0 Å². The molecule has 3 aromatic carbocycles. The number of rotatable bonds is 5. The van der Waals surface area contributed by atoms with E-state index >= 15 is 0 Å². The van der Waals surface area contributed by atoms with Gasteiger partial charge in [0.2, 0.25) is 5.91 Å². The lowest BCUT2D eigenvalue weighted by Crippen LogP contribution is -2.15. The topological polar surface area (TPSA) is 64.9 Å². The van der Waals surface area contributed by atoms with E-state index in [0.29, 0.717) is 16.8 Å². The monoisotopic (exact) mass is 345 g/mol. The Bertz CT molecular complexity index is 944. The molecule has 4 nitrogen and oxygen atoms in total. The normalized spacial score (nSPS) is 10.0. The quantitative estimate of drug-likeness (QED) is 0.709. The van der Waals surface area contributed by atoms with Crippen molar-refractivity contribution in [2.24, 2.45) is 0 Å². The summed E-state index contributed by atoms with van der Waals surface area (Å²) in [6, 6.07) is 22.6. The highest BCUT2D eigenvalue weighted by Crippen LogP contribution is 2.19. The van der Waals surface area contributed by atoms with Crippen molar-refractivity contribution in [1.29, 1.82) is 5.26 Å². The van der Waals surface area contributed by atoms with Crippen LogP contribution in [0.25, 0.3) is 0 Å². The van der Waals surface area contributed by atoms with Crippen molar-refractivity contribution in [3.63, 3.8) is 0 Å². The first-order valence-corrected chi connectivity index (χ1v) is 8.04. The van der Waals surface area contributed by atoms with Crippen molar-refractivity contribution in [1.82, 2.24) is 0 Å². The van der Waals surface area contributed by atoms with Crippen LogP contribution in [-0.4, -0.2) is 5.91 Å². The molecule has 0 spiro atoms. The van der Waals surface area contributed by atoms with E-state index in [0.717, 1.165) is 11.4 Å². The highest BCUT2D eigenvalue weighted by molar-refractivity contribution is 5.92. The van der Waals surface area contributed by atoms with Crippen molar-refractivity contribution in [2.75, 3.05) is 10.6 Å². The molecule has 3 rings (SSSR count). The maximum atomic E-state index is 13.6. The highest BCUT2D eigenvalue weighted by atomic mass is 19.1. The lowest BCUT2D eigenvalue weighted by atomic mass is 10.1. The largest absolute Gasteiger partial charge is 0.356 e. The van der Waals surface area contributed by atoms with E-state index in [1.807, 2.05) is 24.3 Å². The van der Waals surface area contributed by atoms with Crippen molar-refractivity contribution in [3.8, 4) is 6.07 Å². The average molecular weight is 345 g/mol. The molecule has 0 bridgehead atoms. The third-order valence-electron chi connectivity index (χ3n) is 3.78. The van der Waals surface area contributed by atoms with Gasteiger partial charge in [-0.1, -0.05) is 18.2 Å². The maximum absolute atomic E-state index is 13.6. The fourth-order valence-corrected chi connectivity index (χ4v) is 2.45. The molecule has 26 heavy (non-hydrogen) atoms. The van der Waals surface area contributed by atoms with Crippen LogP contribution in [-0.2, 0) is 11.2 Å². The smallest absolute Gasteiger partial charge is 0.228 e. The number of carbonyl (C=O) groups is 1. The lowest BCUT2D eigenvalue weighted by molar-refractivity contribution is -0.115. The second-order valence-corrected chi connectivity index (χ2v) is 5.71. The van der Waals surface area contributed by atoms with E-state index in [4.69, 9.17) is 5.26 Å². The van der Waals surface area contributed by atoms with Crippen molar-refractivity contribution in [2.45, 2.75) is 6.42 Å². The number of hydrogen-bond donors (Lipinski definition) is 2. The second kappa shape index (κ2) is 7.95. The molecule has 0 radical (unpaired) electrons. The zero-order valence-corrected chi connectivity index (χ0v) is 13.9. The van der Waals surface area contributed by atoms with Gasteiger partial charge in [0.05, 0.1) is 18.1 Å². The minimum absolute atomic E-state index is 0.0160. The number of halogens is 1. The van der Waals surface area contributed by atoms with Crippen LogP contribution in [0.4, 0.5) is 21.5 Å². The molecule has 0 aliphatic carbocycles. The van der Waals surface area contributed by atoms with Crippen LogP contribution < -0.4 is 10.6 Å². The number of amides is 1. The maximum Gasteiger partial charge on any atom is 0.228 e. The van der Waals surface area contributed by atoms with Crippen LogP contribution in [0.1, 0.15) is 11.1 Å². The van der Waals surface area contributed by atoms with E-state index in [9.17, 15) is 9.18 Å². The van der Waals surface area contributed by atoms with Gasteiger partial charge in [-0.15, -0.1) is 0 Å². The summed E-state index contributed by atoms with van der Waals surface area (Å²) >= 11 is 0. The molecule has 0 aliphatic heterocycles. The Labute approximate surface area is 150 Å². The van der Waals surface area contributed by atoms with Gasteiger partial charge in [-0.3, -0.25) is 4.79 Å². The molecule has 0 aliphatic rings. The molecule has 0 atom stereocenters. The summed E-state index contributed by atoms with van der Waals surface area (Å²) in [6.45, 7) is 0. The lowest BCUT2D eigenvalue weighted by Gasteiger charge is -2.09. The van der Waals surface area contributed by atoms with Gasteiger partial charge in [0, 0.05) is 17.1 Å². The molecule has 2 N–H and O–H groups in total. The average Bonchev–Trinajstić information content (AvgIpc) is 2.66. The van der Waals surface area contributed by atoms with E-state index in [2.05, 4.69) is 16.7 Å². The van der Waals surface area contributed by atoms with Crippen LogP contribution in [0, 0.1) is 17.1 Å². The van der Waals surface area contributed by atoms with Gasteiger partial charge in [0.25, 0.3) is 0 Å². The fraction of sp³-hybridized carbons (Fsp3) is 0.0476. The highest BCUT2D eigenvalue weighted by Gasteiger charge is 2.08. The second-order valence-electron chi connectivity index (χ2n) is 5.71. The standard InChI is InChI=1S/C21H16FN3O/c22-20-4-2-1-3-16(20)13-21(26)25-19-11-9-18(10-12-19)24-17-7-5-15(14-23)6-8-17/h1-12,24H,13H2,(H,25,26). The van der Waals surface area contributed by atoms with Crippen LogP contribution in [0.15, 0.2) is 72.8 Å². The Morgan fingerprint density at radius 2 is 1.46 bits per heavy atom. The molecule has 1 amide bonds. The fourth-order valence-electron chi connectivity index (χ4n) is 2.45. The molecule has 0 saturated carbocycles. The summed E-state index contributed by atoms with van der Waals surface area (Å²) in [4.78, 5) is 12.1. The number of carbonyl (C=O) groups excluding carboxylic acids is 1. The van der Waals surface area contributed by atoms with Crippen molar-refractivity contribution < 1.29 is 9.18 Å². The molecule has 0 aromatic heterocycles. The van der Waals surface area contributed by atoms with E-state index in [-0.39, 0.29) is 18.1 Å². The predicted octanol–water partition coefficient (Wildman–Crippen LogP) is 4.62. The number of nitrogens with one attached hydrogen (secondary N) is 2. The Morgan fingerprint density at radius 3 is 2.08 bits per heavy atom. The Kier molecular flexibility index (Phi) is 5.25. The Hall–Kier alpha value is -3.65. The molecule has 3 aromatic rings. The minimum Gasteiger partial charge on any atom is -0.356 e. The van der Waals surface area contributed by atoms with Crippen LogP contribution in [0.3, 0.4) is 0 Å². The number of nitrogens with zero attached hydrogens (tertiary/aromatic N) is 1. The van der Waals surface area contributed by atoms with Gasteiger partial charge in [-0.25, -0.2) is 4.39 Å². The zero-order valence-electron chi connectivity index (χ0n) is 13.9. The SMILES string of the molecule is N#Cc1ccc(Nc2ccc(NC(=O)Cc3ccccc3F)cc2)cc1. The summed E-state index contributed by atoms with van der Waals surface area (Å²) in [5.41, 5.74) is 3.31. The van der Waals surface area contributed by atoms with E-state index in [1.54, 1.807) is 42.5 Å². The minimum atomic E-state index is -0.385. The van der Waals surface area contributed by atoms with Gasteiger partial charge in [-0.2, -0.15) is 5.26 Å². The molecule has 128 valence electrons. The predicted molar refractivity (Wildman–Crippen MR) is 99.6 cm³/mol. The first-order valence-electron chi connectivity index (χ1n) is 8.04. The van der Waals surface area contributed by atoms with Crippen LogP contribution >= 0.6 is 0 Å². The third-order valence-corrected chi connectivity index (χ3v) is 3.78. The Balaban J connectivity index is 1.59. The van der Waals surface area contributed by atoms with E-state index < -0.39 is 0 Å². The molecule has 0 unspecified atom stereocenters. The third kappa shape index (κ3) is 4.46. The first-order chi connectivity index (χ1) is 12.6. The van der Waals surface area contributed by atoms with Gasteiger partial charge in [0.1, 0.15) is 5.82 Å². The van der Waals surface area contributed by atoms with Gasteiger partial charge < -0.3 is 10.6 Å². The van der Waals surface area contributed by atoms with Gasteiger partial charge in [-0.05, 0) is 60.2 Å². The van der Waals surface area contributed by atoms with Gasteiger partial charge in [0.15, 0.2) is 0 Å². The Morgan fingerprint density at radius 1 is 0.885 bits per heavy atom. The zero-order chi connectivity index (χ0) is 18.4.